The number of nitro benzene ring substituents is 1. The number of anilines is 1. The molecule has 1 amide bonds. The first-order valence-electron chi connectivity index (χ1n) is 6.08. The van der Waals surface area contributed by atoms with Crippen molar-refractivity contribution in [3.05, 3.63) is 33.9 Å². The fourth-order valence-corrected chi connectivity index (χ4v) is 1.92. The largest absolute Gasteiger partial charge is 0.369 e. The molecule has 0 saturated heterocycles. The van der Waals surface area contributed by atoms with Gasteiger partial charge in [0, 0.05) is 32.3 Å². The summed E-state index contributed by atoms with van der Waals surface area (Å²) < 4.78 is 0. The van der Waals surface area contributed by atoms with E-state index in [2.05, 4.69) is 5.32 Å². The average Bonchev–Trinajstić information content (AvgIpc) is 2.36. The molecule has 1 aromatic rings. The van der Waals surface area contributed by atoms with Gasteiger partial charge >= 0.3 is 0 Å². The number of carbonyl (C=O) groups is 1. The molecule has 0 saturated carbocycles. The molecule has 104 valence electrons. The van der Waals surface area contributed by atoms with E-state index >= 15 is 0 Å². The SMILES string of the molecule is CNC(=O)c1ccc(N(C)CC(C)C)c([N+](=O)[O-])c1. The van der Waals surface area contributed by atoms with Crippen LogP contribution < -0.4 is 10.2 Å². The highest BCUT2D eigenvalue weighted by Crippen LogP contribution is 2.28. The van der Waals surface area contributed by atoms with Gasteiger partial charge in [-0.15, -0.1) is 0 Å². The normalized spacial score (nSPS) is 10.4. The molecule has 0 bridgehead atoms. The van der Waals surface area contributed by atoms with Crippen molar-refractivity contribution in [2.45, 2.75) is 13.8 Å². The number of nitro groups is 1. The first-order chi connectivity index (χ1) is 8.86. The Bertz CT molecular complexity index is 486. The summed E-state index contributed by atoms with van der Waals surface area (Å²) in [6.45, 7) is 4.79. The number of carbonyl (C=O) groups excluding carboxylic acids is 1. The predicted octanol–water partition coefficient (Wildman–Crippen LogP) is 2.05. The van der Waals surface area contributed by atoms with E-state index in [0.29, 0.717) is 18.2 Å². The van der Waals surface area contributed by atoms with Crippen molar-refractivity contribution in [2.24, 2.45) is 5.92 Å². The van der Waals surface area contributed by atoms with Crippen LogP contribution in [-0.2, 0) is 0 Å². The van der Waals surface area contributed by atoms with E-state index in [9.17, 15) is 14.9 Å². The zero-order chi connectivity index (χ0) is 14.6. The van der Waals surface area contributed by atoms with E-state index in [0.717, 1.165) is 0 Å². The molecule has 0 aromatic heterocycles. The Balaban J connectivity index is 3.18. The Labute approximate surface area is 112 Å². The van der Waals surface area contributed by atoms with Crippen LogP contribution in [0.3, 0.4) is 0 Å². The van der Waals surface area contributed by atoms with E-state index in [4.69, 9.17) is 0 Å². The first kappa shape index (κ1) is 14.9. The molecule has 0 aliphatic rings. The zero-order valence-electron chi connectivity index (χ0n) is 11.6. The lowest BCUT2D eigenvalue weighted by molar-refractivity contribution is -0.384. The minimum Gasteiger partial charge on any atom is -0.369 e. The van der Waals surface area contributed by atoms with E-state index < -0.39 is 4.92 Å². The molecule has 0 radical (unpaired) electrons. The summed E-state index contributed by atoms with van der Waals surface area (Å²) in [6.07, 6.45) is 0. The van der Waals surface area contributed by atoms with Gasteiger partial charge in [-0.2, -0.15) is 0 Å². The molecule has 1 aromatic carbocycles. The number of hydrogen-bond acceptors (Lipinski definition) is 4. The summed E-state index contributed by atoms with van der Waals surface area (Å²) in [5, 5.41) is 13.6. The Morgan fingerprint density at radius 2 is 2.11 bits per heavy atom. The van der Waals surface area contributed by atoms with Gasteiger partial charge in [0.05, 0.1) is 4.92 Å². The van der Waals surface area contributed by atoms with Crippen LogP contribution in [0.1, 0.15) is 24.2 Å². The first-order valence-corrected chi connectivity index (χ1v) is 6.08. The molecule has 0 unspecified atom stereocenters. The lowest BCUT2D eigenvalue weighted by Crippen LogP contribution is -2.24. The fraction of sp³-hybridized carbons (Fsp3) is 0.462. The second-order valence-corrected chi connectivity index (χ2v) is 4.81. The van der Waals surface area contributed by atoms with Crippen molar-refractivity contribution in [1.29, 1.82) is 0 Å². The molecule has 0 fully saturated rings. The average molecular weight is 265 g/mol. The van der Waals surface area contributed by atoms with Gasteiger partial charge in [0.15, 0.2) is 0 Å². The maximum Gasteiger partial charge on any atom is 0.293 e. The van der Waals surface area contributed by atoms with Crippen molar-refractivity contribution in [1.82, 2.24) is 5.32 Å². The van der Waals surface area contributed by atoms with Gasteiger partial charge in [-0.05, 0) is 18.1 Å². The Kier molecular flexibility index (Phi) is 4.86. The summed E-state index contributed by atoms with van der Waals surface area (Å²) >= 11 is 0. The Hall–Kier alpha value is -2.11. The Morgan fingerprint density at radius 3 is 2.58 bits per heavy atom. The van der Waals surface area contributed by atoms with Crippen molar-refractivity contribution >= 4 is 17.3 Å². The maximum absolute atomic E-state index is 11.5. The molecule has 19 heavy (non-hydrogen) atoms. The number of nitrogens with zero attached hydrogens (tertiary/aromatic N) is 2. The van der Waals surface area contributed by atoms with Gasteiger partial charge in [-0.3, -0.25) is 14.9 Å². The molecular weight excluding hydrogens is 246 g/mol. The molecule has 1 N–H and O–H groups in total. The smallest absolute Gasteiger partial charge is 0.293 e. The van der Waals surface area contributed by atoms with Crippen molar-refractivity contribution in [3.63, 3.8) is 0 Å². The maximum atomic E-state index is 11.5. The fourth-order valence-electron chi connectivity index (χ4n) is 1.92. The van der Waals surface area contributed by atoms with Crippen molar-refractivity contribution in [2.75, 3.05) is 25.5 Å². The van der Waals surface area contributed by atoms with Crippen LogP contribution in [0, 0.1) is 16.0 Å². The minimum atomic E-state index is -0.460. The van der Waals surface area contributed by atoms with Gasteiger partial charge in [0.1, 0.15) is 5.69 Å². The van der Waals surface area contributed by atoms with Crippen LogP contribution in [0.4, 0.5) is 11.4 Å². The highest BCUT2D eigenvalue weighted by molar-refractivity contribution is 5.95. The van der Waals surface area contributed by atoms with Crippen LogP contribution in [-0.4, -0.2) is 31.5 Å². The number of hydrogen-bond donors (Lipinski definition) is 1. The topological polar surface area (TPSA) is 75.5 Å². The lowest BCUT2D eigenvalue weighted by atomic mass is 10.1. The quantitative estimate of drug-likeness (QED) is 0.653. The molecule has 6 heteroatoms. The molecule has 6 nitrogen and oxygen atoms in total. The summed E-state index contributed by atoms with van der Waals surface area (Å²) in [4.78, 5) is 24.0. The van der Waals surface area contributed by atoms with Crippen LogP contribution in [0.15, 0.2) is 18.2 Å². The number of nitrogens with one attached hydrogen (secondary N) is 1. The molecular formula is C13H19N3O3. The summed E-state index contributed by atoms with van der Waals surface area (Å²) in [5.41, 5.74) is 0.756. The van der Waals surface area contributed by atoms with Gasteiger partial charge in [-0.25, -0.2) is 0 Å². The van der Waals surface area contributed by atoms with Crippen LogP contribution in [0.5, 0.6) is 0 Å². The zero-order valence-corrected chi connectivity index (χ0v) is 11.6. The molecule has 0 aliphatic carbocycles. The lowest BCUT2D eigenvalue weighted by Gasteiger charge is -2.21. The van der Waals surface area contributed by atoms with Crippen LogP contribution in [0.25, 0.3) is 0 Å². The van der Waals surface area contributed by atoms with E-state index in [1.165, 1.54) is 13.1 Å². The summed E-state index contributed by atoms with van der Waals surface area (Å²) in [7, 11) is 3.30. The highest BCUT2D eigenvalue weighted by atomic mass is 16.6. The van der Waals surface area contributed by atoms with Crippen LogP contribution >= 0.6 is 0 Å². The van der Waals surface area contributed by atoms with Crippen molar-refractivity contribution < 1.29 is 9.72 Å². The number of amides is 1. The van der Waals surface area contributed by atoms with Gasteiger partial charge in [0.25, 0.3) is 11.6 Å². The Morgan fingerprint density at radius 1 is 1.47 bits per heavy atom. The van der Waals surface area contributed by atoms with Gasteiger partial charge in [-0.1, -0.05) is 13.8 Å². The van der Waals surface area contributed by atoms with E-state index in [1.807, 2.05) is 25.8 Å². The molecule has 0 heterocycles. The summed E-state index contributed by atoms with van der Waals surface area (Å²) in [6, 6.07) is 4.52. The van der Waals surface area contributed by atoms with Gasteiger partial charge < -0.3 is 10.2 Å². The third-order valence-electron chi connectivity index (χ3n) is 2.71. The second-order valence-electron chi connectivity index (χ2n) is 4.81. The minimum absolute atomic E-state index is 0.0516. The molecule has 0 atom stereocenters. The van der Waals surface area contributed by atoms with Gasteiger partial charge in [0.2, 0.25) is 0 Å². The number of rotatable bonds is 5. The monoisotopic (exact) mass is 265 g/mol. The number of benzene rings is 1. The molecule has 1 rings (SSSR count). The van der Waals surface area contributed by atoms with E-state index in [1.54, 1.807) is 12.1 Å². The van der Waals surface area contributed by atoms with Crippen LogP contribution in [0.2, 0.25) is 0 Å². The molecule has 0 spiro atoms. The predicted molar refractivity (Wildman–Crippen MR) is 74.6 cm³/mol. The third-order valence-corrected chi connectivity index (χ3v) is 2.71. The van der Waals surface area contributed by atoms with Crippen molar-refractivity contribution in [3.8, 4) is 0 Å². The van der Waals surface area contributed by atoms with E-state index in [-0.39, 0.29) is 17.2 Å². The highest BCUT2D eigenvalue weighted by Gasteiger charge is 2.20. The molecule has 0 aliphatic heterocycles. The summed E-state index contributed by atoms with van der Waals surface area (Å²) in [5.74, 6) is 0.0596. The third kappa shape index (κ3) is 3.67. The second kappa shape index (κ2) is 6.17. The standard InChI is InChI=1S/C13H19N3O3/c1-9(2)8-15(4)11-6-5-10(13(17)14-3)7-12(11)16(18)19/h5-7,9H,8H2,1-4H3,(H,14,17).